The molecule has 0 spiro atoms. The van der Waals surface area contributed by atoms with Gasteiger partial charge in [-0.2, -0.15) is 0 Å². The van der Waals surface area contributed by atoms with E-state index >= 15 is 0 Å². The third-order valence-electron chi connectivity index (χ3n) is 9.56. The lowest BCUT2D eigenvalue weighted by Gasteiger charge is -2.47. The predicted octanol–water partition coefficient (Wildman–Crippen LogP) is 3.57. The molecular formula is C26H43B3O5. The maximum atomic E-state index is 6.60. The first-order valence-electron chi connectivity index (χ1n) is 12.7. The minimum Gasteiger partial charge on any atom is -0.426 e. The molecule has 5 nitrogen and oxygen atoms in total. The van der Waals surface area contributed by atoms with Gasteiger partial charge in [0.25, 0.3) is 0 Å². The Labute approximate surface area is 208 Å². The molecule has 0 saturated carbocycles. The molecule has 3 heterocycles. The van der Waals surface area contributed by atoms with E-state index in [9.17, 15) is 0 Å². The van der Waals surface area contributed by atoms with Gasteiger partial charge in [0.1, 0.15) is 0 Å². The van der Waals surface area contributed by atoms with Gasteiger partial charge in [0.05, 0.1) is 22.4 Å². The molecule has 3 aliphatic rings. The molecule has 0 aliphatic carbocycles. The molecule has 0 unspecified atom stereocenters. The molecule has 3 aliphatic heterocycles. The molecule has 0 amide bonds. The van der Waals surface area contributed by atoms with Crippen LogP contribution in [0.2, 0.25) is 6.32 Å². The molecule has 0 bridgehead atoms. The highest BCUT2D eigenvalue weighted by molar-refractivity contribution is 6.72. The highest BCUT2D eigenvalue weighted by Gasteiger charge is 2.54. The number of hydrogen-bond donors (Lipinski definition) is 0. The van der Waals surface area contributed by atoms with Gasteiger partial charge in [0.15, 0.2) is 0 Å². The lowest BCUT2D eigenvalue weighted by atomic mass is 9.52. The van der Waals surface area contributed by atoms with Crippen LogP contribution in [-0.2, 0) is 23.3 Å². The van der Waals surface area contributed by atoms with Crippen molar-refractivity contribution in [2.75, 3.05) is 6.61 Å². The summed E-state index contributed by atoms with van der Waals surface area (Å²) >= 11 is 0. The minimum atomic E-state index is -0.459. The van der Waals surface area contributed by atoms with E-state index in [1.165, 1.54) is 0 Å². The first-order chi connectivity index (χ1) is 15.3. The van der Waals surface area contributed by atoms with E-state index in [1.807, 2.05) is 0 Å². The Hall–Kier alpha value is -0.785. The summed E-state index contributed by atoms with van der Waals surface area (Å²) in [7, 11) is -0.911. The van der Waals surface area contributed by atoms with Gasteiger partial charge in [0, 0.05) is 12.0 Å². The van der Waals surface area contributed by atoms with Crippen LogP contribution in [0.1, 0.15) is 83.1 Å². The van der Waals surface area contributed by atoms with Crippen molar-refractivity contribution in [1.82, 2.24) is 0 Å². The molecule has 186 valence electrons. The molecule has 8 heteroatoms. The minimum absolute atomic E-state index is 0.0147. The van der Waals surface area contributed by atoms with Crippen LogP contribution in [0.25, 0.3) is 0 Å². The van der Waals surface area contributed by atoms with Crippen molar-refractivity contribution in [3.8, 4) is 0 Å². The molecule has 1 aromatic rings. The normalized spacial score (nSPS) is 28.4. The fourth-order valence-electron chi connectivity index (χ4n) is 4.67. The summed E-state index contributed by atoms with van der Waals surface area (Å²) in [6.45, 7) is 26.5. The highest BCUT2D eigenvalue weighted by Crippen LogP contribution is 2.45. The van der Waals surface area contributed by atoms with Gasteiger partial charge in [-0.05, 0) is 83.5 Å². The second kappa shape index (κ2) is 7.85. The van der Waals surface area contributed by atoms with Crippen LogP contribution in [-0.4, -0.2) is 50.2 Å². The largest absolute Gasteiger partial charge is 0.494 e. The highest BCUT2D eigenvalue weighted by atomic mass is 16.7. The van der Waals surface area contributed by atoms with Gasteiger partial charge in [-0.15, -0.1) is 0 Å². The Morgan fingerprint density at radius 3 is 1.44 bits per heavy atom. The third kappa shape index (κ3) is 4.32. The summed E-state index contributed by atoms with van der Waals surface area (Å²) in [5, 5.41) is 0. The first-order valence-corrected chi connectivity index (χ1v) is 12.7. The average Bonchev–Trinajstić information content (AvgIpc) is 3.03. The third-order valence-corrected chi connectivity index (χ3v) is 9.56. The van der Waals surface area contributed by atoms with E-state index < -0.39 is 25.4 Å². The maximum absolute atomic E-state index is 6.60. The van der Waals surface area contributed by atoms with Crippen LogP contribution in [0.15, 0.2) is 18.2 Å². The van der Waals surface area contributed by atoms with Gasteiger partial charge in [-0.25, -0.2) is 0 Å². The van der Waals surface area contributed by atoms with Gasteiger partial charge < -0.3 is 23.3 Å². The molecule has 4 rings (SSSR count). The SMILES string of the molecule is CC1(C)CB(c2cc(B3OCC(C)(C)C(C)(C)O3)cc(B3OC(C)(C)C(C)(C)O3)c2)OC1(C)C. The molecule has 0 aromatic heterocycles. The maximum Gasteiger partial charge on any atom is 0.494 e. The van der Waals surface area contributed by atoms with Crippen molar-refractivity contribution in [1.29, 1.82) is 0 Å². The second-order valence-corrected chi connectivity index (χ2v) is 13.9. The molecular weight excluding hydrogens is 425 g/mol. The second-order valence-electron chi connectivity index (χ2n) is 13.9. The van der Waals surface area contributed by atoms with Crippen molar-refractivity contribution in [3.05, 3.63) is 18.2 Å². The topological polar surface area (TPSA) is 46.2 Å². The fraction of sp³-hybridized carbons (Fsp3) is 0.769. The summed E-state index contributed by atoms with van der Waals surface area (Å²) in [4.78, 5) is 0. The lowest BCUT2D eigenvalue weighted by molar-refractivity contribution is -0.0937. The zero-order valence-electron chi connectivity index (χ0n) is 23.4. The Morgan fingerprint density at radius 2 is 0.971 bits per heavy atom. The van der Waals surface area contributed by atoms with E-state index in [4.69, 9.17) is 23.3 Å². The predicted molar refractivity (Wildman–Crippen MR) is 142 cm³/mol. The van der Waals surface area contributed by atoms with Gasteiger partial charge in [0.2, 0.25) is 0 Å². The van der Waals surface area contributed by atoms with Gasteiger partial charge in [-0.3, -0.25) is 0 Å². The van der Waals surface area contributed by atoms with E-state index in [0.717, 1.165) is 22.7 Å². The zero-order valence-corrected chi connectivity index (χ0v) is 23.4. The lowest BCUT2D eigenvalue weighted by Crippen LogP contribution is -2.59. The number of hydrogen-bond acceptors (Lipinski definition) is 5. The first kappa shape index (κ1) is 26.3. The van der Waals surface area contributed by atoms with Crippen molar-refractivity contribution >= 4 is 37.5 Å². The standard InChI is InChI=1S/C26H43B3O5/c1-21(2)16-27(31-23(21,5)6)18-13-19(28-30-17-22(3,4)24(7,8)32-28)15-20(14-18)29-33-25(9,10)26(11,12)34-29/h13-15H,16-17H2,1-12H3. The average molecular weight is 468 g/mol. The monoisotopic (exact) mass is 468 g/mol. The number of rotatable bonds is 3. The van der Waals surface area contributed by atoms with Crippen LogP contribution < -0.4 is 16.4 Å². The molecule has 3 saturated heterocycles. The Balaban J connectivity index is 1.74. The van der Waals surface area contributed by atoms with E-state index in [0.29, 0.717) is 6.61 Å². The Bertz CT molecular complexity index is 868. The summed E-state index contributed by atoms with van der Waals surface area (Å²) < 4.78 is 32.2. The smallest absolute Gasteiger partial charge is 0.426 e. The molecule has 1 aromatic carbocycles. The van der Waals surface area contributed by atoms with Gasteiger partial charge >= 0.3 is 21.2 Å². The van der Waals surface area contributed by atoms with Gasteiger partial charge in [-0.1, -0.05) is 45.9 Å². The van der Waals surface area contributed by atoms with Crippen molar-refractivity contribution in [2.45, 2.75) is 112 Å². The number of benzene rings is 1. The molecule has 0 radical (unpaired) electrons. The van der Waals surface area contributed by atoms with E-state index in [-0.39, 0.29) is 28.9 Å². The Morgan fingerprint density at radius 1 is 0.529 bits per heavy atom. The van der Waals surface area contributed by atoms with Crippen molar-refractivity contribution < 1.29 is 23.3 Å². The van der Waals surface area contributed by atoms with Crippen LogP contribution in [0.5, 0.6) is 0 Å². The summed E-state index contributed by atoms with van der Waals surface area (Å²) in [6, 6.07) is 6.50. The van der Waals surface area contributed by atoms with Crippen LogP contribution in [0, 0.1) is 10.8 Å². The van der Waals surface area contributed by atoms with Crippen LogP contribution in [0.4, 0.5) is 0 Å². The Kier molecular flexibility index (Phi) is 6.07. The fourth-order valence-corrected chi connectivity index (χ4v) is 4.67. The summed E-state index contributed by atoms with van der Waals surface area (Å²) in [5.41, 5.74) is 1.68. The summed E-state index contributed by atoms with van der Waals surface area (Å²) in [6.07, 6.45) is 0.942. The van der Waals surface area contributed by atoms with E-state index in [1.54, 1.807) is 0 Å². The molecule has 0 N–H and O–H groups in total. The van der Waals surface area contributed by atoms with Crippen molar-refractivity contribution in [2.24, 2.45) is 10.8 Å². The zero-order chi connectivity index (χ0) is 25.5. The molecule has 0 atom stereocenters. The van der Waals surface area contributed by atoms with Crippen LogP contribution >= 0.6 is 0 Å². The summed E-state index contributed by atoms with van der Waals surface area (Å²) in [5.74, 6) is 0. The van der Waals surface area contributed by atoms with Crippen molar-refractivity contribution in [3.63, 3.8) is 0 Å². The molecule has 3 fully saturated rings. The van der Waals surface area contributed by atoms with E-state index in [2.05, 4.69) is 101 Å². The molecule has 34 heavy (non-hydrogen) atoms. The van der Waals surface area contributed by atoms with Crippen LogP contribution in [0.3, 0.4) is 0 Å². The quantitative estimate of drug-likeness (QED) is 0.636.